The Bertz CT molecular complexity index is 796. The molecule has 1 aliphatic heterocycles. The van der Waals surface area contributed by atoms with Gasteiger partial charge in [0.25, 0.3) is 0 Å². The van der Waals surface area contributed by atoms with Crippen molar-refractivity contribution >= 4 is 16.1 Å². The van der Waals surface area contributed by atoms with Crippen LogP contribution >= 0.6 is 0 Å². The Kier molecular flexibility index (Phi) is 6.83. The molecule has 1 atom stereocenters. The molecule has 1 saturated heterocycles. The lowest BCUT2D eigenvalue weighted by atomic mass is 10.0. The Morgan fingerprint density at radius 1 is 1.17 bits per heavy atom. The van der Waals surface area contributed by atoms with Crippen molar-refractivity contribution in [2.24, 2.45) is 0 Å². The van der Waals surface area contributed by atoms with Crippen LogP contribution in [0.2, 0.25) is 0 Å². The summed E-state index contributed by atoms with van der Waals surface area (Å²) < 4.78 is 38.6. The van der Waals surface area contributed by atoms with Crippen molar-refractivity contribution in [1.82, 2.24) is 19.8 Å². The summed E-state index contributed by atoms with van der Waals surface area (Å²) in [5, 5.41) is 6.19. The van der Waals surface area contributed by atoms with Gasteiger partial charge in [0.05, 0.1) is 11.8 Å². The van der Waals surface area contributed by atoms with Crippen LogP contribution in [0, 0.1) is 0 Å². The number of carbonyl (C=O) groups is 1. The fraction of sp³-hybridized carbons (Fsp3) is 0.842. The van der Waals surface area contributed by atoms with Gasteiger partial charge in [0.1, 0.15) is 11.6 Å². The highest BCUT2D eigenvalue weighted by atomic mass is 32.2. The zero-order valence-electron chi connectivity index (χ0n) is 17.5. The fourth-order valence-electron chi connectivity index (χ4n) is 3.95. The number of sulfonamides is 1. The minimum Gasteiger partial charge on any atom is -0.444 e. The molecule has 1 amide bonds. The van der Waals surface area contributed by atoms with E-state index < -0.39 is 27.8 Å². The molecule has 1 N–H and O–H groups in total. The summed E-state index contributed by atoms with van der Waals surface area (Å²) in [5.74, 6) is 0.594. The Hall–Kier alpha value is -1.68. The highest BCUT2D eigenvalue weighted by Crippen LogP contribution is 2.36. The predicted molar refractivity (Wildman–Crippen MR) is 106 cm³/mol. The van der Waals surface area contributed by atoms with Crippen molar-refractivity contribution in [3.05, 3.63) is 11.7 Å². The third-order valence-electron chi connectivity index (χ3n) is 5.31. The molecule has 9 nitrogen and oxygen atoms in total. The molecular formula is C19H32N4O5S. The molecule has 0 bridgehead atoms. The number of carbonyl (C=O) groups excluding carboxylic acids is 1. The van der Waals surface area contributed by atoms with Gasteiger partial charge in [-0.25, -0.2) is 13.2 Å². The van der Waals surface area contributed by atoms with E-state index >= 15 is 0 Å². The lowest BCUT2D eigenvalue weighted by Crippen LogP contribution is -2.44. The summed E-state index contributed by atoms with van der Waals surface area (Å²) in [5.41, 5.74) is -0.595. The number of nitrogens with zero attached hydrogens (tertiary/aromatic N) is 3. The number of piperidine rings is 1. The lowest BCUT2D eigenvalue weighted by Gasteiger charge is -2.36. The van der Waals surface area contributed by atoms with Gasteiger partial charge in [-0.3, -0.25) is 0 Å². The number of hydrogen-bond donors (Lipinski definition) is 1. The van der Waals surface area contributed by atoms with E-state index in [1.807, 2.05) is 0 Å². The number of aromatic nitrogens is 2. The molecule has 0 aromatic carbocycles. The van der Waals surface area contributed by atoms with E-state index in [-0.39, 0.29) is 11.8 Å². The van der Waals surface area contributed by atoms with E-state index in [4.69, 9.17) is 9.26 Å². The third-order valence-corrected chi connectivity index (χ3v) is 7.72. The second-order valence-electron chi connectivity index (χ2n) is 8.83. The maximum Gasteiger partial charge on any atom is 0.408 e. The van der Waals surface area contributed by atoms with Crippen LogP contribution in [0.25, 0.3) is 0 Å². The van der Waals surface area contributed by atoms with Crippen LogP contribution in [0.5, 0.6) is 0 Å². The topological polar surface area (TPSA) is 115 Å². The summed E-state index contributed by atoms with van der Waals surface area (Å²) in [7, 11) is -3.40. The van der Waals surface area contributed by atoms with Gasteiger partial charge >= 0.3 is 6.09 Å². The first-order chi connectivity index (χ1) is 13.7. The summed E-state index contributed by atoms with van der Waals surface area (Å²) in [6, 6.07) is -0.432. The molecule has 2 aliphatic rings. The second kappa shape index (κ2) is 8.99. The normalized spacial score (nSPS) is 22.4. The summed E-state index contributed by atoms with van der Waals surface area (Å²) in [6.07, 6.45) is 6.32. The van der Waals surface area contributed by atoms with E-state index in [0.29, 0.717) is 24.7 Å². The van der Waals surface area contributed by atoms with Gasteiger partial charge in [-0.15, -0.1) is 0 Å². The standard InChI is InChI=1S/C19H32N4O5S/c1-19(2,3)27-18(24)20-13-16-21-17(28-22-16)15-11-7-8-12-23(15)29(25,26)14-9-5-4-6-10-14/h14-15H,4-13H2,1-3H3,(H,20,24)/t15-/m0/s1. The molecule has 29 heavy (non-hydrogen) atoms. The maximum absolute atomic E-state index is 13.2. The molecular weight excluding hydrogens is 396 g/mol. The summed E-state index contributed by atoms with van der Waals surface area (Å²) >= 11 is 0. The summed E-state index contributed by atoms with van der Waals surface area (Å²) in [6.45, 7) is 5.88. The van der Waals surface area contributed by atoms with E-state index in [2.05, 4.69) is 15.5 Å². The quantitative estimate of drug-likeness (QED) is 0.765. The molecule has 1 aromatic heterocycles. The molecule has 10 heteroatoms. The van der Waals surface area contributed by atoms with Crippen molar-refractivity contribution in [1.29, 1.82) is 0 Å². The van der Waals surface area contributed by atoms with Crippen LogP contribution in [-0.2, 0) is 21.3 Å². The van der Waals surface area contributed by atoms with E-state index in [1.54, 1.807) is 25.1 Å². The Labute approximate surface area is 172 Å². The number of rotatable bonds is 5. The van der Waals surface area contributed by atoms with E-state index in [9.17, 15) is 13.2 Å². The van der Waals surface area contributed by atoms with Gasteiger partial charge in [-0.05, 0) is 46.5 Å². The van der Waals surface area contributed by atoms with Crippen LogP contribution in [-0.4, -0.2) is 46.4 Å². The van der Waals surface area contributed by atoms with Crippen LogP contribution < -0.4 is 5.32 Å². The fourth-order valence-corrected chi connectivity index (χ4v) is 6.20. The largest absolute Gasteiger partial charge is 0.444 e. The zero-order chi connectivity index (χ0) is 21.1. The molecule has 0 radical (unpaired) electrons. The molecule has 164 valence electrons. The molecule has 2 fully saturated rings. The number of hydrogen-bond acceptors (Lipinski definition) is 7. The first kappa shape index (κ1) is 22.0. The first-order valence-electron chi connectivity index (χ1n) is 10.5. The highest BCUT2D eigenvalue weighted by molar-refractivity contribution is 7.89. The van der Waals surface area contributed by atoms with Crippen molar-refractivity contribution in [2.45, 2.75) is 95.6 Å². The zero-order valence-corrected chi connectivity index (χ0v) is 18.3. The van der Waals surface area contributed by atoms with E-state index in [1.165, 1.54) is 0 Å². The van der Waals surface area contributed by atoms with Crippen molar-refractivity contribution in [2.75, 3.05) is 6.54 Å². The smallest absolute Gasteiger partial charge is 0.408 e. The van der Waals surface area contributed by atoms with Gasteiger partial charge in [-0.2, -0.15) is 9.29 Å². The van der Waals surface area contributed by atoms with Gasteiger partial charge < -0.3 is 14.6 Å². The predicted octanol–water partition coefficient (Wildman–Crippen LogP) is 3.28. The number of nitrogens with one attached hydrogen (secondary N) is 1. The number of alkyl carbamates (subject to hydrolysis) is 1. The number of amides is 1. The third kappa shape index (κ3) is 5.69. The second-order valence-corrected chi connectivity index (χ2v) is 11.0. The molecule has 1 aromatic rings. The van der Waals surface area contributed by atoms with Crippen LogP contribution in [0.4, 0.5) is 4.79 Å². The first-order valence-corrected chi connectivity index (χ1v) is 12.0. The van der Waals surface area contributed by atoms with Crippen LogP contribution in [0.3, 0.4) is 0 Å². The monoisotopic (exact) mass is 428 g/mol. The highest BCUT2D eigenvalue weighted by Gasteiger charge is 2.41. The Balaban J connectivity index is 1.67. The molecule has 2 heterocycles. The SMILES string of the molecule is CC(C)(C)OC(=O)NCc1noc([C@@H]2CCCCN2S(=O)(=O)C2CCCCC2)n1. The van der Waals surface area contributed by atoms with Gasteiger partial charge in [-0.1, -0.05) is 30.8 Å². The van der Waals surface area contributed by atoms with Gasteiger partial charge in [0, 0.05) is 6.54 Å². The van der Waals surface area contributed by atoms with Crippen molar-refractivity contribution < 1.29 is 22.5 Å². The molecule has 1 aliphatic carbocycles. The average molecular weight is 429 g/mol. The lowest BCUT2D eigenvalue weighted by molar-refractivity contribution is 0.0522. The molecule has 0 spiro atoms. The van der Waals surface area contributed by atoms with Crippen molar-refractivity contribution in [3.63, 3.8) is 0 Å². The van der Waals surface area contributed by atoms with E-state index in [0.717, 1.165) is 44.9 Å². The summed E-state index contributed by atoms with van der Waals surface area (Å²) in [4.78, 5) is 16.1. The minimum atomic E-state index is -3.40. The van der Waals surface area contributed by atoms with Crippen LogP contribution in [0.1, 0.15) is 89.9 Å². The van der Waals surface area contributed by atoms with Gasteiger partial charge in [0.15, 0.2) is 5.82 Å². The molecule has 1 saturated carbocycles. The minimum absolute atomic E-state index is 0.0561. The molecule has 0 unspecified atom stereocenters. The Morgan fingerprint density at radius 3 is 2.55 bits per heavy atom. The average Bonchev–Trinajstić information content (AvgIpc) is 3.15. The van der Waals surface area contributed by atoms with Gasteiger partial charge in [0.2, 0.25) is 15.9 Å². The van der Waals surface area contributed by atoms with Crippen molar-refractivity contribution in [3.8, 4) is 0 Å². The number of ether oxygens (including phenoxy) is 1. The Morgan fingerprint density at radius 2 is 1.86 bits per heavy atom. The molecule has 3 rings (SSSR count). The maximum atomic E-state index is 13.2. The van der Waals surface area contributed by atoms with Crippen LogP contribution in [0.15, 0.2) is 4.52 Å².